The number of aryl methyl sites for hydroxylation is 1. The van der Waals surface area contributed by atoms with E-state index in [0.29, 0.717) is 28.6 Å². The number of rotatable bonds is 2. The van der Waals surface area contributed by atoms with E-state index < -0.39 is 0 Å². The Balaban J connectivity index is 1.36. The average Bonchev–Trinajstić information content (AvgIpc) is 3.00. The molecule has 0 heterocycles. The maximum absolute atomic E-state index is 12.1. The van der Waals surface area contributed by atoms with Crippen LogP contribution in [0, 0.1) is 41.4 Å². The quantitative estimate of drug-likeness (QED) is 0.597. The number of fused-ring (bicyclic) bond motifs is 5. The Morgan fingerprint density at radius 2 is 1.64 bits per heavy atom. The van der Waals surface area contributed by atoms with Gasteiger partial charge in [-0.05, 0) is 93.1 Å². The van der Waals surface area contributed by atoms with Crippen LogP contribution in [0.4, 0.5) is 0 Å². The molecular formula is C26H36O2. The highest BCUT2D eigenvalue weighted by Gasteiger charge is 2.60. The van der Waals surface area contributed by atoms with Crippen LogP contribution in [-0.4, -0.2) is 11.9 Å². The molecular weight excluding hydrogens is 344 g/mol. The number of carbonyl (C=O) groups is 1. The standard InChI is InChI=1S/C26H36O2/c1-17-4-7-20(8-5-17)28-24-11-10-22-21-9-6-18-16-19(27)12-14-25(18,2)23(21)13-15-26(22,24)3/h4-5,7-8,18,21-24H,6,9-16H2,1-3H3/t18-,21-,22+,23+,24-,25-,26-/m0/s1. The second-order valence-corrected chi connectivity index (χ2v) is 10.9. The third kappa shape index (κ3) is 2.77. The molecule has 0 amide bonds. The Kier molecular flexibility index (Phi) is 4.41. The molecule has 0 N–H and O–H groups in total. The van der Waals surface area contributed by atoms with Crippen LogP contribution >= 0.6 is 0 Å². The molecule has 0 saturated heterocycles. The van der Waals surface area contributed by atoms with Crippen molar-refractivity contribution in [1.82, 2.24) is 0 Å². The zero-order valence-corrected chi connectivity index (χ0v) is 17.9. The van der Waals surface area contributed by atoms with Crippen molar-refractivity contribution in [3.05, 3.63) is 29.8 Å². The number of Topliss-reactive ketones (excluding diaryl/α,β-unsaturated/α-hetero) is 1. The lowest BCUT2D eigenvalue weighted by Crippen LogP contribution is -2.54. The summed E-state index contributed by atoms with van der Waals surface area (Å²) in [6.45, 7) is 7.20. The fraction of sp³-hybridized carbons (Fsp3) is 0.731. The van der Waals surface area contributed by atoms with Crippen molar-refractivity contribution in [2.24, 2.45) is 34.5 Å². The highest BCUT2D eigenvalue weighted by Crippen LogP contribution is 2.66. The number of hydrogen-bond acceptors (Lipinski definition) is 2. The van der Waals surface area contributed by atoms with Gasteiger partial charge in [0.25, 0.3) is 0 Å². The minimum atomic E-state index is 0.319. The Hall–Kier alpha value is -1.31. The first-order valence-corrected chi connectivity index (χ1v) is 11.7. The fourth-order valence-electron chi connectivity index (χ4n) is 7.97. The number of hydrogen-bond donors (Lipinski definition) is 0. The molecule has 4 saturated carbocycles. The maximum atomic E-state index is 12.1. The average molecular weight is 381 g/mol. The van der Waals surface area contributed by atoms with E-state index in [2.05, 4.69) is 45.0 Å². The first kappa shape index (κ1) is 18.7. The van der Waals surface area contributed by atoms with E-state index in [1.54, 1.807) is 0 Å². The molecule has 4 aliphatic carbocycles. The van der Waals surface area contributed by atoms with Gasteiger partial charge in [-0.2, -0.15) is 0 Å². The van der Waals surface area contributed by atoms with Gasteiger partial charge in [-0.1, -0.05) is 31.5 Å². The maximum Gasteiger partial charge on any atom is 0.133 e. The smallest absolute Gasteiger partial charge is 0.133 e. The van der Waals surface area contributed by atoms with Crippen molar-refractivity contribution < 1.29 is 9.53 Å². The largest absolute Gasteiger partial charge is 0.490 e. The van der Waals surface area contributed by atoms with Crippen molar-refractivity contribution >= 4 is 5.78 Å². The van der Waals surface area contributed by atoms with Crippen molar-refractivity contribution in [2.45, 2.75) is 84.7 Å². The molecule has 2 nitrogen and oxygen atoms in total. The summed E-state index contributed by atoms with van der Waals surface area (Å²) < 4.78 is 6.58. The Bertz CT molecular complexity index is 752. The van der Waals surface area contributed by atoms with Crippen molar-refractivity contribution in [3.63, 3.8) is 0 Å². The van der Waals surface area contributed by atoms with Crippen LogP contribution in [0.25, 0.3) is 0 Å². The van der Waals surface area contributed by atoms with Crippen molar-refractivity contribution in [2.75, 3.05) is 0 Å². The van der Waals surface area contributed by atoms with Gasteiger partial charge in [0.2, 0.25) is 0 Å². The molecule has 152 valence electrons. The van der Waals surface area contributed by atoms with E-state index >= 15 is 0 Å². The van der Waals surface area contributed by atoms with E-state index in [4.69, 9.17) is 4.74 Å². The molecule has 0 spiro atoms. The first-order chi connectivity index (χ1) is 13.4. The molecule has 0 aliphatic heterocycles. The van der Waals surface area contributed by atoms with Crippen LogP contribution in [0.1, 0.15) is 77.2 Å². The normalized spacial score (nSPS) is 45.1. The van der Waals surface area contributed by atoms with Gasteiger partial charge in [0.1, 0.15) is 17.6 Å². The molecule has 0 aromatic heterocycles. The summed E-state index contributed by atoms with van der Waals surface area (Å²) >= 11 is 0. The third-order valence-electron chi connectivity index (χ3n) is 9.69. The van der Waals surface area contributed by atoms with Gasteiger partial charge in [0, 0.05) is 18.3 Å². The van der Waals surface area contributed by atoms with Crippen LogP contribution < -0.4 is 4.74 Å². The molecule has 28 heavy (non-hydrogen) atoms. The lowest BCUT2D eigenvalue weighted by atomic mass is 9.45. The Morgan fingerprint density at radius 3 is 2.43 bits per heavy atom. The van der Waals surface area contributed by atoms with Gasteiger partial charge in [-0.15, -0.1) is 0 Å². The molecule has 0 unspecified atom stereocenters. The molecule has 2 heteroatoms. The van der Waals surface area contributed by atoms with E-state index in [1.807, 2.05) is 0 Å². The van der Waals surface area contributed by atoms with Gasteiger partial charge in [-0.3, -0.25) is 4.79 Å². The highest BCUT2D eigenvalue weighted by atomic mass is 16.5. The van der Waals surface area contributed by atoms with Crippen LogP contribution in [-0.2, 0) is 4.79 Å². The molecule has 5 rings (SSSR count). The predicted octanol–water partition coefficient (Wildman–Crippen LogP) is 6.35. The second-order valence-electron chi connectivity index (χ2n) is 10.9. The minimum Gasteiger partial charge on any atom is -0.490 e. The molecule has 7 atom stereocenters. The van der Waals surface area contributed by atoms with Crippen LogP contribution in [0.5, 0.6) is 5.75 Å². The van der Waals surface area contributed by atoms with Gasteiger partial charge in [0.05, 0.1) is 0 Å². The second kappa shape index (κ2) is 6.61. The van der Waals surface area contributed by atoms with Gasteiger partial charge >= 0.3 is 0 Å². The van der Waals surface area contributed by atoms with Crippen LogP contribution in [0.3, 0.4) is 0 Å². The Labute approximate surface area is 170 Å². The zero-order valence-electron chi connectivity index (χ0n) is 17.9. The number of benzene rings is 1. The summed E-state index contributed by atoms with van der Waals surface area (Å²) in [4.78, 5) is 12.1. The lowest BCUT2D eigenvalue weighted by Gasteiger charge is -2.60. The third-order valence-corrected chi connectivity index (χ3v) is 9.69. The summed E-state index contributed by atoms with van der Waals surface area (Å²) in [6, 6.07) is 8.60. The molecule has 1 aromatic carbocycles. The van der Waals surface area contributed by atoms with Crippen molar-refractivity contribution in [3.8, 4) is 5.75 Å². The van der Waals surface area contributed by atoms with Gasteiger partial charge in [-0.25, -0.2) is 0 Å². The topological polar surface area (TPSA) is 26.3 Å². The Morgan fingerprint density at radius 1 is 0.893 bits per heavy atom. The van der Waals surface area contributed by atoms with Gasteiger partial charge in [0.15, 0.2) is 0 Å². The first-order valence-electron chi connectivity index (χ1n) is 11.7. The highest BCUT2D eigenvalue weighted by molar-refractivity contribution is 5.79. The van der Waals surface area contributed by atoms with Crippen LogP contribution in [0.15, 0.2) is 24.3 Å². The minimum absolute atomic E-state index is 0.319. The SMILES string of the molecule is Cc1ccc(O[C@H]2CC[C@@H]3[C@@H]4CC[C@H]5CC(=O)CC[C@]5(C)[C@@H]4CC[C@]23C)cc1. The van der Waals surface area contributed by atoms with E-state index in [0.717, 1.165) is 42.8 Å². The summed E-state index contributed by atoms with van der Waals surface area (Å²) in [7, 11) is 0. The number of ketones is 1. The van der Waals surface area contributed by atoms with Crippen LogP contribution in [0.2, 0.25) is 0 Å². The van der Waals surface area contributed by atoms with E-state index in [9.17, 15) is 4.79 Å². The van der Waals surface area contributed by atoms with E-state index in [-0.39, 0.29) is 0 Å². The summed E-state index contributed by atoms with van der Waals surface area (Å²) in [5.41, 5.74) is 2.02. The summed E-state index contributed by atoms with van der Waals surface area (Å²) in [5, 5.41) is 0. The van der Waals surface area contributed by atoms with Crippen molar-refractivity contribution in [1.29, 1.82) is 0 Å². The molecule has 0 radical (unpaired) electrons. The monoisotopic (exact) mass is 380 g/mol. The molecule has 0 bridgehead atoms. The lowest BCUT2D eigenvalue weighted by molar-refractivity contribution is -0.141. The number of carbonyl (C=O) groups excluding carboxylic acids is 1. The molecule has 4 aliphatic rings. The van der Waals surface area contributed by atoms with E-state index in [1.165, 1.54) is 44.1 Å². The fourth-order valence-corrected chi connectivity index (χ4v) is 7.97. The molecule has 4 fully saturated rings. The van der Waals surface area contributed by atoms with Gasteiger partial charge < -0.3 is 4.74 Å². The predicted molar refractivity (Wildman–Crippen MR) is 112 cm³/mol. The zero-order chi connectivity index (χ0) is 19.5. The summed E-state index contributed by atoms with van der Waals surface area (Å²) in [5.74, 6) is 4.70. The summed E-state index contributed by atoms with van der Waals surface area (Å²) in [6.07, 6.45) is 11.0. The number of ether oxygens (including phenoxy) is 1. The molecule has 1 aromatic rings.